The Bertz CT molecular complexity index is 318. The molecule has 1 aromatic rings. The summed E-state index contributed by atoms with van der Waals surface area (Å²) in [5, 5.41) is 3.20. The highest BCUT2D eigenvalue weighted by Crippen LogP contribution is 2.55. The van der Waals surface area contributed by atoms with E-state index in [0.29, 0.717) is 0 Å². The Labute approximate surface area is 109 Å². The molecule has 4 atom stereocenters. The fraction of sp³-hybridized carbons (Fsp3) is 0.538. The van der Waals surface area contributed by atoms with E-state index in [0.717, 1.165) is 14.8 Å². The van der Waals surface area contributed by atoms with Crippen molar-refractivity contribution < 1.29 is 0 Å². The summed E-state index contributed by atoms with van der Waals surface area (Å²) in [5.41, 5.74) is 0. The molecule has 0 N–H and O–H groups in total. The average molecular weight is 270 g/mol. The van der Waals surface area contributed by atoms with Gasteiger partial charge < -0.3 is 0 Å². The Morgan fingerprint density at radius 1 is 1.06 bits per heavy atom. The van der Waals surface area contributed by atoms with Crippen molar-refractivity contribution in [2.24, 2.45) is 0 Å². The molecule has 3 heteroatoms. The van der Waals surface area contributed by atoms with Crippen LogP contribution in [0.25, 0.3) is 0 Å². The molecule has 0 aliphatic carbocycles. The van der Waals surface area contributed by atoms with E-state index >= 15 is 0 Å². The molecule has 1 aromatic carbocycles. The Balaban J connectivity index is 2.07. The molecule has 1 fully saturated rings. The van der Waals surface area contributed by atoms with Gasteiger partial charge in [0, 0.05) is 10.5 Å². The van der Waals surface area contributed by atoms with Crippen molar-refractivity contribution in [2.45, 2.75) is 35.1 Å². The quantitative estimate of drug-likeness (QED) is 0.733. The highest BCUT2D eigenvalue weighted by molar-refractivity contribution is 8.25. The van der Waals surface area contributed by atoms with Crippen molar-refractivity contribution in [1.82, 2.24) is 0 Å². The van der Waals surface area contributed by atoms with Crippen LogP contribution in [0, 0.1) is 0 Å². The van der Waals surface area contributed by atoms with Gasteiger partial charge in [-0.1, -0.05) is 52.1 Å². The van der Waals surface area contributed by atoms with E-state index in [-0.39, 0.29) is 7.92 Å². The zero-order valence-electron chi connectivity index (χ0n) is 10.1. The third-order valence-corrected chi connectivity index (χ3v) is 9.66. The first kappa shape index (κ1) is 12.8. The summed E-state index contributed by atoms with van der Waals surface area (Å²) in [4.78, 5) is 0. The Morgan fingerprint density at radius 2 is 1.62 bits per heavy atom. The van der Waals surface area contributed by atoms with E-state index in [1.54, 1.807) is 5.30 Å². The first-order chi connectivity index (χ1) is 7.66. The van der Waals surface area contributed by atoms with Crippen LogP contribution in [0.5, 0.6) is 0 Å². The van der Waals surface area contributed by atoms with Crippen LogP contribution in [0.1, 0.15) is 20.3 Å². The van der Waals surface area contributed by atoms with Crippen molar-refractivity contribution in [3.05, 3.63) is 30.3 Å². The summed E-state index contributed by atoms with van der Waals surface area (Å²) in [6, 6.07) is 11.0. The van der Waals surface area contributed by atoms with Crippen LogP contribution in [0.15, 0.2) is 30.3 Å². The number of rotatable bonds is 2. The van der Waals surface area contributed by atoms with Crippen molar-refractivity contribution in [1.29, 1.82) is 0 Å². The van der Waals surface area contributed by atoms with E-state index in [9.17, 15) is 0 Å². The maximum Gasteiger partial charge on any atom is 0.0740 e. The van der Waals surface area contributed by atoms with Gasteiger partial charge in [0.05, 0.1) is 4.32 Å². The second-order valence-electron chi connectivity index (χ2n) is 4.38. The van der Waals surface area contributed by atoms with Gasteiger partial charge in [-0.15, -0.1) is 23.5 Å². The lowest BCUT2D eigenvalue weighted by Gasteiger charge is -2.34. The number of thioether (sulfide) groups is 2. The molecular formula is C13H19PS2. The molecule has 1 heterocycles. The molecule has 0 amide bonds. The van der Waals surface area contributed by atoms with E-state index in [1.165, 1.54) is 6.42 Å². The first-order valence-electron chi connectivity index (χ1n) is 5.75. The topological polar surface area (TPSA) is 0 Å². The van der Waals surface area contributed by atoms with Crippen molar-refractivity contribution in [3.8, 4) is 0 Å². The highest BCUT2D eigenvalue weighted by Gasteiger charge is 2.29. The van der Waals surface area contributed by atoms with Crippen LogP contribution in [0.4, 0.5) is 0 Å². The molecule has 16 heavy (non-hydrogen) atoms. The molecule has 2 unspecified atom stereocenters. The summed E-state index contributed by atoms with van der Waals surface area (Å²) < 4.78 is 0.788. The average Bonchev–Trinajstić information content (AvgIpc) is 2.28. The zero-order chi connectivity index (χ0) is 11.5. The molecule has 1 saturated heterocycles. The fourth-order valence-corrected chi connectivity index (χ4v) is 9.41. The number of hydrogen-bond acceptors (Lipinski definition) is 2. The van der Waals surface area contributed by atoms with Crippen LogP contribution in [0.2, 0.25) is 0 Å². The predicted molar refractivity (Wildman–Crippen MR) is 81.4 cm³/mol. The molecule has 0 nitrogen and oxygen atoms in total. The van der Waals surface area contributed by atoms with Gasteiger partial charge in [0.15, 0.2) is 0 Å². The smallest absolute Gasteiger partial charge is 0.0740 e. The minimum atomic E-state index is -0.0212. The predicted octanol–water partition coefficient (Wildman–Crippen LogP) is 4.35. The fourth-order valence-electron chi connectivity index (χ4n) is 1.98. The molecule has 0 bridgehead atoms. The maximum absolute atomic E-state index is 2.43. The molecule has 0 aromatic heterocycles. The van der Waals surface area contributed by atoms with E-state index in [4.69, 9.17) is 0 Å². The first-order valence-corrected chi connectivity index (χ1v) is 9.50. The van der Waals surface area contributed by atoms with Gasteiger partial charge in [0.1, 0.15) is 0 Å². The van der Waals surface area contributed by atoms with Crippen LogP contribution in [-0.2, 0) is 0 Å². The van der Waals surface area contributed by atoms with Gasteiger partial charge in [-0.2, -0.15) is 0 Å². The monoisotopic (exact) mass is 270 g/mol. The number of benzene rings is 1. The third-order valence-electron chi connectivity index (χ3n) is 2.84. The Hall–Kier alpha value is 0.350. The normalized spacial score (nSPS) is 32.3. The minimum absolute atomic E-state index is 0.0212. The summed E-state index contributed by atoms with van der Waals surface area (Å²) in [5.74, 6) is 0. The molecule has 0 saturated carbocycles. The summed E-state index contributed by atoms with van der Waals surface area (Å²) in [6.45, 7) is 7.18. The standard InChI is InChI=1S/C13H19PS2/c1-10-9-11(2)16-13(15-10)14(3)12-7-5-4-6-8-12/h4-8,10-11,13H,9H2,1-3H3/t10-,11+,13?,14?. The number of hydrogen-bond donors (Lipinski definition) is 0. The molecule has 88 valence electrons. The lowest BCUT2D eigenvalue weighted by Crippen LogP contribution is -2.20. The second kappa shape index (κ2) is 5.80. The van der Waals surface area contributed by atoms with Crippen molar-refractivity contribution >= 4 is 36.7 Å². The SMILES string of the molecule is C[C@@H]1C[C@H](C)SC(P(C)c2ccccc2)S1. The van der Waals surface area contributed by atoms with E-state index < -0.39 is 0 Å². The van der Waals surface area contributed by atoms with Crippen LogP contribution >= 0.6 is 31.4 Å². The third kappa shape index (κ3) is 3.18. The van der Waals surface area contributed by atoms with Gasteiger partial charge >= 0.3 is 0 Å². The van der Waals surface area contributed by atoms with E-state index in [2.05, 4.69) is 74.4 Å². The highest BCUT2D eigenvalue weighted by atomic mass is 32.2. The maximum atomic E-state index is 2.43. The van der Waals surface area contributed by atoms with E-state index in [1.807, 2.05) is 0 Å². The summed E-state index contributed by atoms with van der Waals surface area (Å²) in [7, 11) is -0.0212. The van der Waals surface area contributed by atoms with Gasteiger partial charge in [0.25, 0.3) is 0 Å². The lowest BCUT2D eigenvalue weighted by molar-refractivity contribution is 0.797. The lowest BCUT2D eigenvalue weighted by atomic mass is 10.3. The molecule has 1 aliphatic rings. The van der Waals surface area contributed by atoms with Crippen LogP contribution in [-0.4, -0.2) is 21.5 Å². The molecule has 2 rings (SSSR count). The molecular weight excluding hydrogens is 251 g/mol. The largest absolute Gasteiger partial charge is 0.139 e. The molecule has 0 radical (unpaired) electrons. The van der Waals surface area contributed by atoms with Gasteiger partial charge in [-0.3, -0.25) is 0 Å². The zero-order valence-corrected chi connectivity index (χ0v) is 12.6. The Kier molecular flexibility index (Phi) is 4.64. The van der Waals surface area contributed by atoms with Crippen molar-refractivity contribution in [2.75, 3.05) is 6.66 Å². The second-order valence-corrected chi connectivity index (χ2v) is 10.7. The van der Waals surface area contributed by atoms with Crippen molar-refractivity contribution in [3.63, 3.8) is 0 Å². The summed E-state index contributed by atoms with van der Waals surface area (Å²) >= 11 is 4.37. The van der Waals surface area contributed by atoms with Gasteiger partial charge in [-0.05, 0) is 18.4 Å². The Morgan fingerprint density at radius 3 is 2.19 bits per heavy atom. The molecule has 0 spiro atoms. The van der Waals surface area contributed by atoms with Crippen LogP contribution < -0.4 is 5.30 Å². The summed E-state index contributed by atoms with van der Waals surface area (Å²) in [6.07, 6.45) is 1.36. The van der Waals surface area contributed by atoms with Crippen LogP contribution in [0.3, 0.4) is 0 Å². The van der Waals surface area contributed by atoms with Gasteiger partial charge in [0.2, 0.25) is 0 Å². The molecule has 1 aliphatic heterocycles. The minimum Gasteiger partial charge on any atom is -0.139 e. The van der Waals surface area contributed by atoms with Gasteiger partial charge in [-0.25, -0.2) is 0 Å².